The van der Waals surface area contributed by atoms with Crippen LogP contribution in [0.15, 0.2) is 60.7 Å². The van der Waals surface area contributed by atoms with E-state index in [0.717, 1.165) is 16.0 Å². The molecule has 0 saturated carbocycles. The molecule has 0 fully saturated rings. The van der Waals surface area contributed by atoms with E-state index in [2.05, 4.69) is 52.0 Å². The number of hydrogen-bond donors (Lipinski definition) is 7. The molecule has 5 amide bonds. The Labute approximate surface area is 367 Å². The van der Waals surface area contributed by atoms with Gasteiger partial charge < -0.3 is 47.5 Å². The number of nitrogens with two attached hydrogens (primary N) is 2. The van der Waals surface area contributed by atoms with E-state index in [1.807, 2.05) is 30.3 Å². The van der Waals surface area contributed by atoms with Gasteiger partial charge in [-0.1, -0.05) is 57.2 Å². The molecular weight excluding hydrogens is 805 g/mol. The van der Waals surface area contributed by atoms with E-state index in [0.29, 0.717) is 34.1 Å². The van der Waals surface area contributed by atoms with Gasteiger partial charge in [0.05, 0.1) is 23.0 Å². The molecule has 2 heterocycles. The summed E-state index contributed by atoms with van der Waals surface area (Å²) in [5.74, 6) is -2.87. The lowest BCUT2D eigenvalue weighted by molar-refractivity contribution is -0.141. The molecule has 1 aliphatic rings. The number of carbonyl (C=O) groups is 5. The van der Waals surface area contributed by atoms with E-state index in [-0.39, 0.29) is 66.9 Å². The number of nitrogens with zero attached hydrogens (tertiary/aromatic N) is 4. The van der Waals surface area contributed by atoms with Crippen molar-refractivity contribution in [1.29, 1.82) is 5.26 Å². The molecule has 4 atom stereocenters. The van der Waals surface area contributed by atoms with Crippen LogP contribution in [0.25, 0.3) is 22.5 Å². The van der Waals surface area contributed by atoms with Crippen molar-refractivity contribution >= 4 is 29.5 Å². The highest BCUT2D eigenvalue weighted by atomic mass is 16.5. The van der Waals surface area contributed by atoms with Crippen LogP contribution < -0.4 is 37.5 Å². The number of aromatic hydroxyl groups is 1. The summed E-state index contributed by atoms with van der Waals surface area (Å²) < 4.78 is 5.95. The van der Waals surface area contributed by atoms with Crippen molar-refractivity contribution in [2.24, 2.45) is 11.5 Å². The van der Waals surface area contributed by atoms with Crippen molar-refractivity contribution in [1.82, 2.24) is 36.1 Å². The number of phenols is 1. The number of ether oxygens (including phenoxy) is 1. The Morgan fingerprint density at radius 1 is 0.968 bits per heavy atom. The zero-order valence-electron chi connectivity index (χ0n) is 36.7. The summed E-state index contributed by atoms with van der Waals surface area (Å²) in [5, 5.41) is 31.0. The summed E-state index contributed by atoms with van der Waals surface area (Å²) in [6, 6.07) is 14.1. The summed E-state index contributed by atoms with van der Waals surface area (Å²) in [6.45, 7) is 11.1. The lowest BCUT2D eigenvalue weighted by atomic mass is 9.86. The molecule has 1 aliphatic heterocycles. The summed E-state index contributed by atoms with van der Waals surface area (Å²) >= 11 is 0. The number of likely N-dealkylation sites (N-methyl/N-ethyl adjacent to an activating group) is 1. The lowest BCUT2D eigenvalue weighted by Gasteiger charge is -2.32. The van der Waals surface area contributed by atoms with Gasteiger partial charge in [-0.05, 0) is 80.1 Å². The zero-order valence-corrected chi connectivity index (χ0v) is 36.7. The van der Waals surface area contributed by atoms with Crippen molar-refractivity contribution in [3.8, 4) is 40.1 Å². The molecular formula is C46H56N10O7. The topological polar surface area (TPSA) is 268 Å². The normalized spacial score (nSPS) is 16.9. The van der Waals surface area contributed by atoms with Crippen LogP contribution in [-0.4, -0.2) is 101 Å². The second-order valence-corrected chi connectivity index (χ2v) is 16.5. The molecule has 3 aromatic carbocycles. The van der Waals surface area contributed by atoms with Crippen molar-refractivity contribution < 1.29 is 33.8 Å². The number of aryl methyl sites for hydroxylation is 2. The third kappa shape index (κ3) is 11.1. The first kappa shape index (κ1) is 47.2. The van der Waals surface area contributed by atoms with Gasteiger partial charge in [0.2, 0.25) is 23.6 Å². The lowest BCUT2D eigenvalue weighted by Crippen LogP contribution is -2.56. The van der Waals surface area contributed by atoms with Gasteiger partial charge in [0.15, 0.2) is 5.82 Å². The Morgan fingerprint density at radius 2 is 1.65 bits per heavy atom. The first-order valence-electron chi connectivity index (χ1n) is 20.7. The molecule has 63 heavy (non-hydrogen) atoms. The number of benzene rings is 3. The third-order valence-corrected chi connectivity index (χ3v) is 10.8. The van der Waals surface area contributed by atoms with Crippen molar-refractivity contribution in [2.45, 2.75) is 84.0 Å². The van der Waals surface area contributed by atoms with Crippen molar-refractivity contribution in [3.05, 3.63) is 94.3 Å². The molecule has 4 aromatic rings. The van der Waals surface area contributed by atoms with Crippen LogP contribution in [0.4, 0.5) is 0 Å². The predicted molar refractivity (Wildman–Crippen MR) is 236 cm³/mol. The predicted octanol–water partition coefficient (Wildman–Crippen LogP) is 2.60. The molecule has 0 spiro atoms. The molecule has 0 aliphatic carbocycles. The quantitative estimate of drug-likeness (QED) is 0.101. The number of nitriles is 1. The van der Waals surface area contributed by atoms with E-state index in [9.17, 15) is 29.1 Å². The monoisotopic (exact) mass is 860 g/mol. The fourth-order valence-corrected chi connectivity index (χ4v) is 7.37. The number of carbonyl (C=O) groups excluding carboxylic acids is 5. The van der Waals surface area contributed by atoms with E-state index in [1.54, 1.807) is 32.0 Å². The SMILES string of the molecule is Cc1nc(-c2ccc(C(C)(C)C)cc2)nc(C)c1C(=O)NC(CCN)C(=O)N(C)[C@@H]1C(=O)N[C@@H](C)C(=O)N[C@H](C(=O)NCC#N)Cc2ccc(OCCN)c(c2)-c2cc1ccc2O. The fraction of sp³-hybridized carbons (Fsp3) is 0.391. The first-order chi connectivity index (χ1) is 29.9. The number of amides is 5. The average molecular weight is 861 g/mol. The Kier molecular flexibility index (Phi) is 15.2. The Hall–Kier alpha value is -6.90. The number of phenolic OH excluding ortho intramolecular Hbond substituents is 1. The van der Waals surface area contributed by atoms with E-state index >= 15 is 0 Å². The van der Waals surface area contributed by atoms with Crippen LogP contribution in [0.1, 0.15) is 78.6 Å². The van der Waals surface area contributed by atoms with Gasteiger partial charge in [0, 0.05) is 36.7 Å². The van der Waals surface area contributed by atoms with E-state index < -0.39 is 53.7 Å². The molecule has 1 unspecified atom stereocenters. The number of fused-ring (bicyclic) bond motifs is 5. The summed E-state index contributed by atoms with van der Waals surface area (Å²) in [4.78, 5) is 80.3. The third-order valence-electron chi connectivity index (χ3n) is 10.8. The number of rotatable bonds is 12. The molecule has 9 N–H and O–H groups in total. The van der Waals surface area contributed by atoms with Crippen LogP contribution in [0, 0.1) is 25.2 Å². The zero-order chi connectivity index (χ0) is 46.2. The fourth-order valence-electron chi connectivity index (χ4n) is 7.37. The van der Waals surface area contributed by atoms with Gasteiger partial charge in [0.25, 0.3) is 5.91 Å². The summed E-state index contributed by atoms with van der Waals surface area (Å²) in [6.07, 6.45) is -0.0346. The molecule has 17 nitrogen and oxygen atoms in total. The van der Waals surface area contributed by atoms with Crippen LogP contribution in [0.5, 0.6) is 11.5 Å². The Bertz CT molecular complexity index is 2380. The second kappa shape index (κ2) is 20.3. The summed E-state index contributed by atoms with van der Waals surface area (Å²) in [5.41, 5.74) is 16.0. The van der Waals surface area contributed by atoms with Gasteiger partial charge in [-0.2, -0.15) is 5.26 Å². The number of nitrogens with one attached hydrogen (secondary N) is 4. The van der Waals surface area contributed by atoms with Gasteiger partial charge in [-0.3, -0.25) is 24.0 Å². The Balaban J connectivity index is 1.53. The molecule has 0 saturated heterocycles. The smallest absolute Gasteiger partial charge is 0.255 e. The maximum atomic E-state index is 14.6. The van der Waals surface area contributed by atoms with Crippen molar-refractivity contribution in [2.75, 3.05) is 33.3 Å². The van der Waals surface area contributed by atoms with Gasteiger partial charge in [-0.15, -0.1) is 0 Å². The van der Waals surface area contributed by atoms with Gasteiger partial charge >= 0.3 is 0 Å². The Morgan fingerprint density at radius 3 is 2.27 bits per heavy atom. The molecule has 1 aromatic heterocycles. The largest absolute Gasteiger partial charge is 0.507 e. The van der Waals surface area contributed by atoms with Crippen LogP contribution >= 0.6 is 0 Å². The minimum atomic E-state index is -1.44. The van der Waals surface area contributed by atoms with Gasteiger partial charge in [0.1, 0.15) is 48.8 Å². The first-order valence-corrected chi connectivity index (χ1v) is 20.7. The highest BCUT2D eigenvalue weighted by molar-refractivity contribution is 6.00. The summed E-state index contributed by atoms with van der Waals surface area (Å²) in [7, 11) is 1.38. The molecule has 332 valence electrons. The standard InChI is InChI=1S/C46H56N10O7/c1-25-38(26(2)52-40(51-25)29-9-12-31(13-10-29)46(4,5)6)43(60)54-34(16-17-47)45(62)56(7)39-30-11-14-36(57)32(24-30)33-22-28(8-15-37(33)63-21-19-49)23-35(42(59)50-20-18-48)55-41(58)27(3)53-44(39)61/h8-15,22,24,27,34-35,39,57H,16-17,19-21,23,47,49H2,1-7H3,(H,50,59)(H,53,61)(H,54,60)(H,55,58)/t27-,34?,35-,39-/m0/s1. The van der Waals surface area contributed by atoms with Crippen molar-refractivity contribution in [3.63, 3.8) is 0 Å². The maximum Gasteiger partial charge on any atom is 0.255 e. The minimum Gasteiger partial charge on any atom is -0.507 e. The van der Waals surface area contributed by atoms with Crippen LogP contribution in [0.3, 0.4) is 0 Å². The van der Waals surface area contributed by atoms with Gasteiger partial charge in [-0.25, -0.2) is 9.97 Å². The van der Waals surface area contributed by atoms with E-state index in [4.69, 9.17) is 21.5 Å². The minimum absolute atomic E-state index is 0.00898. The molecule has 0 radical (unpaired) electrons. The average Bonchev–Trinajstić information content (AvgIpc) is 3.24. The molecule has 4 bridgehead atoms. The van der Waals surface area contributed by atoms with Crippen LogP contribution in [-0.2, 0) is 31.0 Å². The molecule has 17 heteroatoms. The number of hydrogen-bond acceptors (Lipinski definition) is 12. The molecule has 5 rings (SSSR count). The van der Waals surface area contributed by atoms with E-state index in [1.165, 1.54) is 32.2 Å². The highest BCUT2D eigenvalue weighted by Gasteiger charge is 2.36. The second-order valence-electron chi connectivity index (χ2n) is 16.5. The number of aromatic nitrogens is 2. The maximum absolute atomic E-state index is 14.6. The highest BCUT2D eigenvalue weighted by Crippen LogP contribution is 2.39. The van der Waals surface area contributed by atoms with Crippen LogP contribution in [0.2, 0.25) is 0 Å².